The molecule has 2 aromatic carbocycles. The standard InChI is InChI=1S/C22H26N2/c1-16-10-6-9-15-20(16)24-17(2)21(18-11-7-8-12-18)23-22(24)19-13-4-3-5-14-19/h3-6,9-10,13-15,18,22-23H,7-8,11-12H2,1-2H3/i/hD. The zero-order chi connectivity index (χ0) is 17.4. The molecule has 1 aliphatic carbocycles. The Morgan fingerprint density at radius 1 is 0.958 bits per heavy atom. The van der Waals surface area contributed by atoms with E-state index in [4.69, 9.17) is 1.41 Å². The lowest BCUT2D eigenvalue weighted by Gasteiger charge is -2.30. The first-order valence-corrected chi connectivity index (χ1v) is 9.07. The largest absolute Gasteiger partial charge is 0.363 e. The highest BCUT2D eigenvalue weighted by molar-refractivity contribution is 5.61. The second-order valence-electron chi connectivity index (χ2n) is 7.02. The normalized spacial score (nSPS) is 22.4. The lowest BCUT2D eigenvalue weighted by molar-refractivity contribution is 0.552. The van der Waals surface area contributed by atoms with Crippen molar-refractivity contribution < 1.29 is 1.41 Å². The minimum atomic E-state index is -0.0853. The number of hydrogen-bond acceptors (Lipinski definition) is 2. The van der Waals surface area contributed by atoms with E-state index < -0.39 is 0 Å². The number of benzene rings is 2. The first kappa shape index (κ1) is 14.2. The molecule has 24 heavy (non-hydrogen) atoms. The fourth-order valence-corrected chi connectivity index (χ4v) is 4.18. The second-order valence-corrected chi connectivity index (χ2v) is 7.02. The fourth-order valence-electron chi connectivity index (χ4n) is 4.18. The van der Waals surface area contributed by atoms with Crippen LogP contribution in [0.4, 0.5) is 5.69 Å². The van der Waals surface area contributed by atoms with Gasteiger partial charge < -0.3 is 10.2 Å². The van der Waals surface area contributed by atoms with Crippen molar-refractivity contribution in [1.82, 2.24) is 5.31 Å². The molecule has 4 rings (SSSR count). The van der Waals surface area contributed by atoms with Crippen molar-refractivity contribution >= 4 is 5.69 Å². The van der Waals surface area contributed by atoms with Crippen molar-refractivity contribution in [2.45, 2.75) is 45.7 Å². The Balaban J connectivity index is 1.84. The molecule has 1 fully saturated rings. The van der Waals surface area contributed by atoms with Crippen LogP contribution in [-0.4, -0.2) is 0 Å². The van der Waals surface area contributed by atoms with Gasteiger partial charge in [-0.2, -0.15) is 0 Å². The number of rotatable bonds is 3. The van der Waals surface area contributed by atoms with Gasteiger partial charge >= 0.3 is 0 Å². The second kappa shape index (κ2) is 6.35. The van der Waals surface area contributed by atoms with E-state index in [2.05, 4.69) is 67.3 Å². The van der Waals surface area contributed by atoms with Crippen LogP contribution >= 0.6 is 0 Å². The highest BCUT2D eigenvalue weighted by Crippen LogP contribution is 2.42. The Kier molecular flexibility index (Phi) is 3.74. The molecule has 2 aromatic rings. The molecule has 0 bridgehead atoms. The average molecular weight is 319 g/mol. The number of allylic oxidation sites excluding steroid dienone is 2. The summed E-state index contributed by atoms with van der Waals surface area (Å²) >= 11 is 0. The van der Waals surface area contributed by atoms with Crippen molar-refractivity contribution in [2.24, 2.45) is 5.92 Å². The van der Waals surface area contributed by atoms with E-state index in [1.54, 1.807) is 5.31 Å². The lowest BCUT2D eigenvalue weighted by atomic mass is 10.0. The van der Waals surface area contributed by atoms with Gasteiger partial charge in [-0.3, -0.25) is 0 Å². The minimum Gasteiger partial charge on any atom is -0.363 e. The highest BCUT2D eigenvalue weighted by atomic mass is 15.3. The maximum absolute atomic E-state index is 8.96. The maximum atomic E-state index is 8.96. The summed E-state index contributed by atoms with van der Waals surface area (Å²) in [5.41, 5.74) is 6.09. The van der Waals surface area contributed by atoms with Crippen LogP contribution in [0.1, 0.15) is 49.9 Å². The van der Waals surface area contributed by atoms with Crippen molar-refractivity contribution in [3.05, 3.63) is 77.1 Å². The summed E-state index contributed by atoms with van der Waals surface area (Å²) in [6.07, 6.45) is 4.92. The fraction of sp³-hybridized carbons (Fsp3) is 0.364. The highest BCUT2D eigenvalue weighted by Gasteiger charge is 2.35. The molecular formula is C22H26N2. The average Bonchev–Trinajstić information content (AvgIpc) is 3.23. The van der Waals surface area contributed by atoms with Gasteiger partial charge in [-0.15, -0.1) is 0 Å². The van der Waals surface area contributed by atoms with Gasteiger partial charge in [0, 0.05) is 23.0 Å². The van der Waals surface area contributed by atoms with Crippen molar-refractivity contribution in [1.29, 1.82) is 0 Å². The molecule has 0 spiro atoms. The lowest BCUT2D eigenvalue weighted by Crippen LogP contribution is -2.29. The summed E-state index contributed by atoms with van der Waals surface area (Å²) in [6.45, 7) is 4.36. The number of para-hydroxylation sites is 1. The number of nitrogens with zero attached hydrogens (tertiary/aromatic N) is 1. The van der Waals surface area contributed by atoms with Crippen molar-refractivity contribution in [3.63, 3.8) is 0 Å². The quantitative estimate of drug-likeness (QED) is 0.800. The van der Waals surface area contributed by atoms with Gasteiger partial charge in [0.15, 0.2) is 1.41 Å². The summed E-state index contributed by atoms with van der Waals surface area (Å²) < 4.78 is 8.96. The Labute approximate surface area is 146 Å². The molecule has 1 N–H and O–H groups in total. The third-order valence-electron chi connectivity index (χ3n) is 5.45. The molecule has 2 heteroatoms. The molecule has 0 radical (unpaired) electrons. The summed E-state index contributed by atoms with van der Waals surface area (Å²) in [5, 5.41) is 1.78. The van der Waals surface area contributed by atoms with E-state index in [1.165, 1.54) is 53.9 Å². The number of hydrogen-bond donors (Lipinski definition) is 1. The molecule has 1 atom stereocenters. The van der Waals surface area contributed by atoms with Gasteiger partial charge in [-0.1, -0.05) is 61.4 Å². The Hall–Kier alpha value is -2.22. The van der Waals surface area contributed by atoms with Crippen LogP contribution in [-0.2, 0) is 0 Å². The van der Waals surface area contributed by atoms with E-state index in [0.29, 0.717) is 5.92 Å². The van der Waals surface area contributed by atoms with Gasteiger partial charge in [0.2, 0.25) is 0 Å². The number of aryl methyl sites for hydroxylation is 1. The summed E-state index contributed by atoms with van der Waals surface area (Å²) in [7, 11) is 0. The van der Waals surface area contributed by atoms with E-state index >= 15 is 0 Å². The zero-order valence-electron chi connectivity index (χ0n) is 15.6. The van der Waals surface area contributed by atoms with Gasteiger partial charge in [0.25, 0.3) is 0 Å². The Morgan fingerprint density at radius 2 is 1.62 bits per heavy atom. The van der Waals surface area contributed by atoms with Crippen LogP contribution in [0, 0.1) is 12.8 Å². The van der Waals surface area contributed by atoms with Crippen LogP contribution < -0.4 is 10.2 Å². The summed E-state index contributed by atoms with van der Waals surface area (Å²) in [5.74, 6) is 0.526. The van der Waals surface area contributed by atoms with E-state index in [1.807, 2.05) is 6.07 Å². The first-order valence-electron chi connectivity index (χ1n) is 9.52. The molecular weight excluding hydrogens is 292 g/mol. The SMILES string of the molecule is [2H]N1C(C2CCCC2)=C(C)N(c2ccccc2C)C1c1ccccc1. The monoisotopic (exact) mass is 319 g/mol. The van der Waals surface area contributed by atoms with Crippen LogP contribution in [0.2, 0.25) is 1.41 Å². The molecule has 2 aliphatic rings. The molecule has 124 valence electrons. The van der Waals surface area contributed by atoms with Crippen LogP contribution in [0.15, 0.2) is 66.0 Å². The summed E-state index contributed by atoms with van der Waals surface area (Å²) in [4.78, 5) is 2.37. The summed E-state index contributed by atoms with van der Waals surface area (Å²) in [6, 6.07) is 19.0. The molecule has 0 saturated heterocycles. The number of anilines is 1. The van der Waals surface area contributed by atoms with Crippen LogP contribution in [0.3, 0.4) is 0 Å². The van der Waals surface area contributed by atoms with Gasteiger partial charge in [-0.05, 0) is 43.9 Å². The maximum Gasteiger partial charge on any atom is 0.162 e. The van der Waals surface area contributed by atoms with E-state index in [9.17, 15) is 0 Å². The predicted octanol–water partition coefficient (Wildman–Crippen LogP) is 5.53. The van der Waals surface area contributed by atoms with Gasteiger partial charge in [-0.25, -0.2) is 0 Å². The molecule has 0 amide bonds. The smallest absolute Gasteiger partial charge is 0.162 e. The Morgan fingerprint density at radius 3 is 2.33 bits per heavy atom. The third-order valence-corrected chi connectivity index (χ3v) is 5.45. The number of nitrogens with one attached hydrogen (secondary N) is 1. The molecule has 2 nitrogen and oxygen atoms in total. The van der Waals surface area contributed by atoms with E-state index in [0.717, 1.165) is 0 Å². The zero-order valence-corrected chi connectivity index (χ0v) is 14.6. The van der Waals surface area contributed by atoms with E-state index in [-0.39, 0.29) is 6.17 Å². The minimum absolute atomic E-state index is 0.0853. The van der Waals surface area contributed by atoms with Gasteiger partial charge in [0.1, 0.15) is 6.17 Å². The van der Waals surface area contributed by atoms with Crippen molar-refractivity contribution in [2.75, 3.05) is 4.90 Å². The van der Waals surface area contributed by atoms with Crippen LogP contribution in [0.5, 0.6) is 0 Å². The molecule has 0 aromatic heterocycles. The molecule has 1 unspecified atom stereocenters. The predicted molar refractivity (Wildman–Crippen MR) is 101 cm³/mol. The third kappa shape index (κ3) is 2.60. The molecule has 1 heterocycles. The van der Waals surface area contributed by atoms with Crippen molar-refractivity contribution in [3.8, 4) is 0 Å². The molecule has 1 aliphatic heterocycles. The molecule has 1 saturated carbocycles. The first-order chi connectivity index (χ1) is 12.2. The van der Waals surface area contributed by atoms with Gasteiger partial charge in [0.05, 0.1) is 0 Å². The topological polar surface area (TPSA) is 15.3 Å². The van der Waals surface area contributed by atoms with Crippen LogP contribution in [0.25, 0.3) is 0 Å². The Bertz CT molecular complexity index is 778.